The third-order valence-electron chi connectivity index (χ3n) is 4.32. The highest BCUT2D eigenvalue weighted by Gasteiger charge is 2.26. The zero-order valence-corrected chi connectivity index (χ0v) is 14.0. The van der Waals surface area contributed by atoms with Crippen LogP contribution in [0.4, 0.5) is 0 Å². The van der Waals surface area contributed by atoms with E-state index in [0.29, 0.717) is 6.04 Å². The van der Waals surface area contributed by atoms with Crippen molar-refractivity contribution in [3.8, 4) is 11.4 Å². The summed E-state index contributed by atoms with van der Waals surface area (Å²) in [5, 5.41) is 4.75. The second kappa shape index (κ2) is 6.24. The summed E-state index contributed by atoms with van der Waals surface area (Å²) in [5.41, 5.74) is 1.11. The van der Waals surface area contributed by atoms with E-state index < -0.39 is 0 Å². The molecule has 0 amide bonds. The lowest BCUT2D eigenvalue weighted by molar-refractivity contribution is 0.217. The Balaban J connectivity index is 1.86. The SMILES string of the molecule is CCC1CCCCC1n1cnc(-c2cccc(I)c2)n1. The Labute approximate surface area is 133 Å². The number of rotatable bonds is 3. The van der Waals surface area contributed by atoms with Crippen LogP contribution in [0.3, 0.4) is 0 Å². The van der Waals surface area contributed by atoms with E-state index in [4.69, 9.17) is 5.10 Å². The highest BCUT2D eigenvalue weighted by Crippen LogP contribution is 2.35. The molecule has 106 valence electrons. The second-order valence-electron chi connectivity index (χ2n) is 5.58. The fraction of sp³-hybridized carbons (Fsp3) is 0.500. The van der Waals surface area contributed by atoms with Gasteiger partial charge in [-0.3, -0.25) is 0 Å². The molecule has 0 aliphatic heterocycles. The Morgan fingerprint density at radius 1 is 1.30 bits per heavy atom. The standard InChI is InChI=1S/C16H20IN3/c1-2-12-6-3-4-9-15(12)20-11-18-16(19-20)13-7-5-8-14(17)10-13/h5,7-8,10-12,15H,2-4,6,9H2,1H3. The van der Waals surface area contributed by atoms with Crippen LogP contribution in [0, 0.1) is 9.49 Å². The Hall–Kier alpha value is -0.910. The molecular weight excluding hydrogens is 361 g/mol. The van der Waals surface area contributed by atoms with Gasteiger partial charge in [-0.15, -0.1) is 0 Å². The molecule has 20 heavy (non-hydrogen) atoms. The van der Waals surface area contributed by atoms with E-state index in [1.807, 2.05) is 6.33 Å². The summed E-state index contributed by atoms with van der Waals surface area (Å²) in [4.78, 5) is 4.52. The maximum atomic E-state index is 4.75. The summed E-state index contributed by atoms with van der Waals surface area (Å²) in [7, 11) is 0. The molecule has 3 rings (SSSR count). The van der Waals surface area contributed by atoms with Crippen molar-refractivity contribution in [2.75, 3.05) is 0 Å². The predicted molar refractivity (Wildman–Crippen MR) is 89.5 cm³/mol. The summed E-state index contributed by atoms with van der Waals surface area (Å²) in [6.45, 7) is 2.29. The molecule has 1 heterocycles. The van der Waals surface area contributed by atoms with Crippen LogP contribution < -0.4 is 0 Å². The van der Waals surface area contributed by atoms with Crippen molar-refractivity contribution in [1.82, 2.24) is 14.8 Å². The van der Waals surface area contributed by atoms with Crippen LogP contribution in [-0.4, -0.2) is 14.8 Å². The van der Waals surface area contributed by atoms with Gasteiger partial charge < -0.3 is 0 Å². The molecule has 2 unspecified atom stereocenters. The number of benzene rings is 1. The quantitative estimate of drug-likeness (QED) is 0.723. The highest BCUT2D eigenvalue weighted by molar-refractivity contribution is 14.1. The van der Waals surface area contributed by atoms with E-state index in [1.165, 1.54) is 35.7 Å². The molecule has 0 N–H and O–H groups in total. The van der Waals surface area contributed by atoms with Crippen molar-refractivity contribution < 1.29 is 0 Å². The van der Waals surface area contributed by atoms with Gasteiger partial charge in [-0.2, -0.15) is 5.10 Å². The van der Waals surface area contributed by atoms with E-state index in [1.54, 1.807) is 0 Å². The number of hydrogen-bond acceptors (Lipinski definition) is 2. The lowest BCUT2D eigenvalue weighted by Crippen LogP contribution is -2.23. The normalized spacial score (nSPS) is 22.9. The molecular formula is C16H20IN3. The molecule has 1 saturated carbocycles. The van der Waals surface area contributed by atoms with Gasteiger partial charge in [0.1, 0.15) is 6.33 Å². The van der Waals surface area contributed by atoms with Gasteiger partial charge in [0, 0.05) is 9.13 Å². The second-order valence-corrected chi connectivity index (χ2v) is 6.82. The fourth-order valence-corrected chi connectivity index (χ4v) is 3.75. The van der Waals surface area contributed by atoms with Crippen molar-refractivity contribution in [3.05, 3.63) is 34.2 Å². The van der Waals surface area contributed by atoms with Crippen molar-refractivity contribution in [2.45, 2.75) is 45.1 Å². The van der Waals surface area contributed by atoms with Crippen LogP contribution in [0.1, 0.15) is 45.1 Å². The number of hydrogen-bond donors (Lipinski definition) is 0. The largest absolute Gasteiger partial charge is 0.249 e. The van der Waals surface area contributed by atoms with E-state index >= 15 is 0 Å². The van der Waals surface area contributed by atoms with Crippen LogP contribution >= 0.6 is 22.6 Å². The van der Waals surface area contributed by atoms with Crippen LogP contribution in [-0.2, 0) is 0 Å². The molecule has 3 nitrogen and oxygen atoms in total. The third-order valence-corrected chi connectivity index (χ3v) is 5.00. The van der Waals surface area contributed by atoms with Crippen molar-refractivity contribution >= 4 is 22.6 Å². The highest BCUT2D eigenvalue weighted by atomic mass is 127. The molecule has 2 atom stereocenters. The summed E-state index contributed by atoms with van der Waals surface area (Å²) in [6.07, 6.45) is 8.43. The smallest absolute Gasteiger partial charge is 0.181 e. The minimum Gasteiger partial charge on any atom is -0.249 e. The molecule has 1 aliphatic rings. The Morgan fingerprint density at radius 2 is 2.15 bits per heavy atom. The monoisotopic (exact) mass is 381 g/mol. The molecule has 0 spiro atoms. The van der Waals surface area contributed by atoms with Crippen LogP contribution in [0.2, 0.25) is 0 Å². The fourth-order valence-electron chi connectivity index (χ4n) is 3.21. The zero-order chi connectivity index (χ0) is 13.9. The lowest BCUT2D eigenvalue weighted by Gasteiger charge is -2.30. The van der Waals surface area contributed by atoms with Gasteiger partial charge in [-0.25, -0.2) is 9.67 Å². The van der Waals surface area contributed by atoms with E-state index in [9.17, 15) is 0 Å². The predicted octanol–water partition coefficient (Wildman–Crippen LogP) is 4.69. The summed E-state index contributed by atoms with van der Waals surface area (Å²) >= 11 is 2.33. The van der Waals surface area contributed by atoms with Gasteiger partial charge in [0.2, 0.25) is 0 Å². The maximum absolute atomic E-state index is 4.75. The van der Waals surface area contributed by atoms with Gasteiger partial charge in [-0.05, 0) is 53.5 Å². The Morgan fingerprint density at radius 3 is 2.95 bits per heavy atom. The third kappa shape index (κ3) is 2.90. The number of halogens is 1. The van der Waals surface area contributed by atoms with Gasteiger partial charge >= 0.3 is 0 Å². The summed E-state index contributed by atoms with van der Waals surface area (Å²) < 4.78 is 3.34. The summed E-state index contributed by atoms with van der Waals surface area (Å²) in [6, 6.07) is 8.92. The molecule has 2 aromatic rings. The van der Waals surface area contributed by atoms with Crippen LogP contribution in [0.15, 0.2) is 30.6 Å². The molecule has 1 aliphatic carbocycles. The van der Waals surface area contributed by atoms with Crippen LogP contribution in [0.5, 0.6) is 0 Å². The van der Waals surface area contributed by atoms with Gasteiger partial charge in [-0.1, -0.05) is 38.3 Å². The molecule has 0 radical (unpaired) electrons. The Kier molecular flexibility index (Phi) is 4.38. The first-order valence-corrected chi connectivity index (χ1v) is 8.53. The maximum Gasteiger partial charge on any atom is 0.181 e. The van der Waals surface area contributed by atoms with E-state index in [-0.39, 0.29) is 0 Å². The zero-order valence-electron chi connectivity index (χ0n) is 11.8. The number of nitrogens with zero attached hydrogens (tertiary/aromatic N) is 3. The molecule has 4 heteroatoms. The van der Waals surface area contributed by atoms with Crippen molar-refractivity contribution in [2.24, 2.45) is 5.92 Å². The molecule has 1 aromatic heterocycles. The lowest BCUT2D eigenvalue weighted by atomic mass is 9.83. The molecule has 0 bridgehead atoms. The van der Waals surface area contributed by atoms with Crippen molar-refractivity contribution in [3.63, 3.8) is 0 Å². The molecule has 1 fully saturated rings. The molecule has 1 aromatic carbocycles. The van der Waals surface area contributed by atoms with Gasteiger partial charge in [0.15, 0.2) is 5.82 Å². The van der Waals surface area contributed by atoms with E-state index in [0.717, 1.165) is 17.3 Å². The van der Waals surface area contributed by atoms with Crippen LogP contribution in [0.25, 0.3) is 11.4 Å². The summed E-state index contributed by atoms with van der Waals surface area (Å²) in [5.74, 6) is 1.61. The minimum absolute atomic E-state index is 0.540. The average Bonchev–Trinajstić information content (AvgIpc) is 2.97. The van der Waals surface area contributed by atoms with E-state index in [2.05, 4.69) is 63.4 Å². The van der Waals surface area contributed by atoms with Gasteiger partial charge in [0.05, 0.1) is 6.04 Å². The minimum atomic E-state index is 0.540. The first-order valence-electron chi connectivity index (χ1n) is 7.45. The molecule has 0 saturated heterocycles. The first-order chi connectivity index (χ1) is 9.78. The van der Waals surface area contributed by atoms with Gasteiger partial charge in [0.25, 0.3) is 0 Å². The first kappa shape index (κ1) is 14.0. The topological polar surface area (TPSA) is 30.7 Å². The average molecular weight is 381 g/mol. The number of aromatic nitrogens is 3. The Bertz CT molecular complexity index is 579. The van der Waals surface area contributed by atoms with Crippen molar-refractivity contribution in [1.29, 1.82) is 0 Å².